The Morgan fingerprint density at radius 2 is 2.23 bits per heavy atom. The lowest BCUT2D eigenvalue weighted by atomic mass is 10.2. The van der Waals surface area contributed by atoms with Gasteiger partial charge in [-0.2, -0.15) is 0 Å². The number of imide groups is 1. The highest BCUT2D eigenvalue weighted by atomic mass is 16.2. The molecule has 0 aromatic carbocycles. The molecule has 1 saturated heterocycles. The molecular formula is C9H12N2O2. The summed E-state index contributed by atoms with van der Waals surface area (Å²) in [4.78, 5) is 23.9. The number of amides is 3. The molecule has 1 aliphatic heterocycles. The molecule has 0 radical (unpaired) electrons. The summed E-state index contributed by atoms with van der Waals surface area (Å²) in [7, 11) is 0. The number of urea groups is 1. The van der Waals surface area contributed by atoms with Gasteiger partial charge < -0.3 is 5.32 Å². The van der Waals surface area contributed by atoms with Crippen molar-refractivity contribution in [1.82, 2.24) is 10.2 Å². The number of nitrogens with one attached hydrogen (secondary N) is 1. The molecule has 1 aliphatic rings. The van der Waals surface area contributed by atoms with Crippen LogP contribution in [0.15, 0.2) is 0 Å². The molecule has 0 aromatic heterocycles. The Bertz CT molecular complexity index is 278. The van der Waals surface area contributed by atoms with Crippen LogP contribution in [0.1, 0.15) is 20.3 Å². The summed E-state index contributed by atoms with van der Waals surface area (Å²) in [5.74, 6) is 2.13. The van der Waals surface area contributed by atoms with Gasteiger partial charge in [0.2, 0.25) is 0 Å². The van der Waals surface area contributed by atoms with Gasteiger partial charge in [0.05, 0.1) is 0 Å². The fourth-order valence-corrected chi connectivity index (χ4v) is 1.29. The van der Waals surface area contributed by atoms with Crippen LogP contribution in [0, 0.1) is 12.3 Å². The van der Waals surface area contributed by atoms with Crippen LogP contribution >= 0.6 is 0 Å². The first kappa shape index (κ1) is 9.59. The Hall–Kier alpha value is -1.50. The predicted molar refractivity (Wildman–Crippen MR) is 47.8 cm³/mol. The summed E-state index contributed by atoms with van der Waals surface area (Å²) in [5, 5.41) is 2.53. The van der Waals surface area contributed by atoms with Crippen LogP contribution in [0.4, 0.5) is 4.79 Å². The van der Waals surface area contributed by atoms with Crippen LogP contribution in [0.5, 0.6) is 0 Å². The maximum absolute atomic E-state index is 11.5. The van der Waals surface area contributed by atoms with Crippen molar-refractivity contribution >= 4 is 11.9 Å². The summed E-state index contributed by atoms with van der Waals surface area (Å²) in [5.41, 5.74) is 0. The summed E-state index contributed by atoms with van der Waals surface area (Å²) in [6.45, 7) is 3.57. The van der Waals surface area contributed by atoms with Gasteiger partial charge in [-0.25, -0.2) is 4.79 Å². The maximum atomic E-state index is 11.5. The normalized spacial score (nSPS) is 22.0. The second kappa shape index (κ2) is 3.48. The first-order chi connectivity index (χ1) is 6.07. The summed E-state index contributed by atoms with van der Waals surface area (Å²) in [6.07, 6.45) is 5.32. The van der Waals surface area contributed by atoms with Gasteiger partial charge in [0, 0.05) is 12.5 Å². The highest BCUT2D eigenvalue weighted by molar-refractivity contribution is 6.04. The van der Waals surface area contributed by atoms with Crippen LogP contribution in [0.2, 0.25) is 0 Å². The number of carbonyl (C=O) groups is 2. The van der Waals surface area contributed by atoms with E-state index in [2.05, 4.69) is 11.2 Å². The number of rotatable bonds is 2. The van der Waals surface area contributed by atoms with Crippen molar-refractivity contribution < 1.29 is 9.59 Å². The largest absolute Gasteiger partial charge is 0.325 e. The number of carbonyl (C=O) groups excluding carboxylic acids is 2. The lowest BCUT2D eigenvalue weighted by Crippen LogP contribution is -2.37. The highest BCUT2D eigenvalue weighted by Crippen LogP contribution is 2.11. The highest BCUT2D eigenvalue weighted by Gasteiger charge is 2.38. The van der Waals surface area contributed by atoms with Crippen LogP contribution in [0.25, 0.3) is 0 Å². The minimum Gasteiger partial charge on any atom is -0.325 e. The minimum absolute atomic E-state index is 0.115. The van der Waals surface area contributed by atoms with Crippen molar-refractivity contribution in [1.29, 1.82) is 0 Å². The zero-order valence-corrected chi connectivity index (χ0v) is 7.70. The summed E-state index contributed by atoms with van der Waals surface area (Å²) in [6, 6.07) is -0.990. The molecule has 0 bridgehead atoms. The molecule has 3 amide bonds. The molecule has 1 heterocycles. The fraction of sp³-hybridized carbons (Fsp3) is 0.556. The third-order valence-electron chi connectivity index (χ3n) is 1.89. The monoisotopic (exact) mass is 180 g/mol. The van der Waals surface area contributed by atoms with E-state index in [9.17, 15) is 9.59 Å². The van der Waals surface area contributed by atoms with E-state index in [4.69, 9.17) is 6.42 Å². The second-order valence-electron chi connectivity index (χ2n) is 3.21. The van der Waals surface area contributed by atoms with E-state index in [1.165, 1.54) is 4.90 Å². The Labute approximate surface area is 77.3 Å². The lowest BCUT2D eigenvalue weighted by Gasteiger charge is -2.16. The summed E-state index contributed by atoms with van der Waals surface area (Å²) >= 11 is 0. The first-order valence-electron chi connectivity index (χ1n) is 4.15. The zero-order chi connectivity index (χ0) is 10.0. The van der Waals surface area contributed by atoms with Crippen molar-refractivity contribution in [2.24, 2.45) is 0 Å². The zero-order valence-electron chi connectivity index (χ0n) is 7.70. The third-order valence-corrected chi connectivity index (χ3v) is 1.89. The molecule has 1 atom stereocenters. The Morgan fingerprint density at radius 3 is 2.62 bits per heavy atom. The Balaban J connectivity index is 2.77. The van der Waals surface area contributed by atoms with Crippen molar-refractivity contribution in [3.63, 3.8) is 0 Å². The van der Waals surface area contributed by atoms with Crippen LogP contribution in [-0.4, -0.2) is 28.9 Å². The number of hydrogen-bond acceptors (Lipinski definition) is 2. The average Bonchev–Trinajstić information content (AvgIpc) is 2.28. The molecule has 1 N–H and O–H groups in total. The SMILES string of the molecule is C#CCC1NC(=O)N(C(C)C)C1=O. The van der Waals surface area contributed by atoms with Gasteiger partial charge >= 0.3 is 6.03 Å². The van der Waals surface area contributed by atoms with E-state index >= 15 is 0 Å². The van der Waals surface area contributed by atoms with Gasteiger partial charge in [-0.05, 0) is 13.8 Å². The van der Waals surface area contributed by atoms with Gasteiger partial charge in [0.25, 0.3) is 5.91 Å². The summed E-state index contributed by atoms with van der Waals surface area (Å²) < 4.78 is 0. The molecule has 1 unspecified atom stereocenters. The molecular weight excluding hydrogens is 168 g/mol. The molecule has 4 heteroatoms. The van der Waals surface area contributed by atoms with E-state index in [0.717, 1.165) is 0 Å². The van der Waals surface area contributed by atoms with Crippen molar-refractivity contribution in [2.75, 3.05) is 0 Å². The molecule has 4 nitrogen and oxygen atoms in total. The Morgan fingerprint density at radius 1 is 1.62 bits per heavy atom. The van der Waals surface area contributed by atoms with Crippen molar-refractivity contribution in [3.05, 3.63) is 0 Å². The van der Waals surface area contributed by atoms with Crippen LogP contribution in [0.3, 0.4) is 0 Å². The lowest BCUT2D eigenvalue weighted by molar-refractivity contribution is -0.128. The van der Waals surface area contributed by atoms with Gasteiger partial charge in [0.1, 0.15) is 6.04 Å². The molecule has 0 spiro atoms. The molecule has 13 heavy (non-hydrogen) atoms. The predicted octanol–water partition coefficient (Wildman–Crippen LogP) is 0.338. The topological polar surface area (TPSA) is 49.4 Å². The van der Waals surface area contributed by atoms with Gasteiger partial charge in [0.15, 0.2) is 0 Å². The third kappa shape index (κ3) is 1.64. The van der Waals surface area contributed by atoms with Gasteiger partial charge in [-0.1, -0.05) is 0 Å². The van der Waals surface area contributed by atoms with E-state index in [-0.39, 0.29) is 24.4 Å². The number of terminal acetylenes is 1. The minimum atomic E-state index is -0.528. The molecule has 0 saturated carbocycles. The second-order valence-corrected chi connectivity index (χ2v) is 3.21. The Kier molecular flexibility index (Phi) is 2.57. The van der Waals surface area contributed by atoms with Crippen LogP contribution < -0.4 is 5.32 Å². The molecule has 1 rings (SSSR count). The molecule has 70 valence electrons. The number of nitrogens with zero attached hydrogens (tertiary/aromatic N) is 1. The van der Waals surface area contributed by atoms with E-state index < -0.39 is 6.04 Å². The van der Waals surface area contributed by atoms with Crippen molar-refractivity contribution in [2.45, 2.75) is 32.4 Å². The van der Waals surface area contributed by atoms with E-state index in [0.29, 0.717) is 0 Å². The van der Waals surface area contributed by atoms with Gasteiger partial charge in [-0.3, -0.25) is 9.69 Å². The van der Waals surface area contributed by atoms with Gasteiger partial charge in [-0.15, -0.1) is 12.3 Å². The van der Waals surface area contributed by atoms with Crippen molar-refractivity contribution in [3.8, 4) is 12.3 Å². The first-order valence-corrected chi connectivity index (χ1v) is 4.15. The fourth-order valence-electron chi connectivity index (χ4n) is 1.29. The quantitative estimate of drug-likeness (QED) is 0.492. The molecule has 1 fully saturated rings. The van der Waals surface area contributed by atoms with Crippen LogP contribution in [-0.2, 0) is 4.79 Å². The number of hydrogen-bond donors (Lipinski definition) is 1. The molecule has 0 aliphatic carbocycles. The smallest absolute Gasteiger partial charge is 0.325 e. The van der Waals surface area contributed by atoms with E-state index in [1.807, 2.05) is 0 Å². The van der Waals surface area contributed by atoms with E-state index in [1.54, 1.807) is 13.8 Å². The average molecular weight is 180 g/mol. The standard InChI is InChI=1S/C9H12N2O2/c1-4-5-7-8(12)11(6(2)3)9(13)10-7/h1,6-7H,5H2,2-3H3,(H,10,13). The molecule has 0 aromatic rings. The maximum Gasteiger partial charge on any atom is 0.325 e.